The van der Waals surface area contributed by atoms with Gasteiger partial charge < -0.3 is 4.52 Å². The second-order valence-corrected chi connectivity index (χ2v) is 5.10. The molecule has 1 aromatic carbocycles. The molecule has 1 fully saturated rings. The molecule has 0 unspecified atom stereocenters. The molecule has 0 spiro atoms. The fourth-order valence-electron chi connectivity index (χ4n) is 1.64. The largest absolute Gasteiger partial charge is 0.350 e. The number of hydrogen-bond acceptors (Lipinski definition) is 3. The first-order valence-corrected chi connectivity index (χ1v) is 6.54. The maximum Gasteiger partial charge on any atom is 0.193 e. The second kappa shape index (κ2) is 4.34. The molecule has 1 aliphatic rings. The van der Waals surface area contributed by atoms with Crippen molar-refractivity contribution in [3.63, 3.8) is 0 Å². The van der Waals surface area contributed by atoms with Crippen molar-refractivity contribution in [1.82, 2.24) is 5.16 Å². The number of hydrogen-bond donors (Lipinski definition) is 0. The Hall–Kier alpha value is -1.22. The molecule has 16 heavy (non-hydrogen) atoms. The molecule has 3 heteroatoms. The molecule has 0 saturated heterocycles. The summed E-state index contributed by atoms with van der Waals surface area (Å²) in [6.07, 6.45) is 2.55. The number of nitrogens with zero attached hydrogens (tertiary/aromatic N) is 1. The zero-order chi connectivity index (χ0) is 10.8. The van der Waals surface area contributed by atoms with Crippen LogP contribution in [0.15, 0.2) is 46.0 Å². The van der Waals surface area contributed by atoms with E-state index in [-0.39, 0.29) is 0 Å². The molecular weight excluding hydrogens is 218 g/mol. The molecule has 0 atom stereocenters. The summed E-state index contributed by atoms with van der Waals surface area (Å²) < 4.78 is 5.30. The maximum absolute atomic E-state index is 5.30. The highest BCUT2D eigenvalue weighted by atomic mass is 32.2. The van der Waals surface area contributed by atoms with E-state index in [0.717, 1.165) is 16.5 Å². The minimum Gasteiger partial charge on any atom is -0.350 e. The third-order valence-corrected chi connectivity index (χ3v) is 3.68. The lowest BCUT2D eigenvalue weighted by Crippen LogP contribution is -1.77. The normalized spacial score (nSPS) is 15.2. The van der Waals surface area contributed by atoms with Crippen molar-refractivity contribution in [2.24, 2.45) is 0 Å². The molecule has 0 bridgehead atoms. The molecular formula is C13H13NOS. The van der Waals surface area contributed by atoms with Gasteiger partial charge in [-0.3, -0.25) is 0 Å². The summed E-state index contributed by atoms with van der Waals surface area (Å²) in [5.74, 6) is 1.62. The van der Waals surface area contributed by atoms with Crippen molar-refractivity contribution in [2.45, 2.75) is 29.6 Å². The molecule has 2 nitrogen and oxygen atoms in total. The van der Waals surface area contributed by atoms with E-state index < -0.39 is 0 Å². The number of rotatable bonds is 4. The van der Waals surface area contributed by atoms with Crippen LogP contribution in [0.1, 0.15) is 30.0 Å². The minimum absolute atomic E-state index is 0.676. The number of benzene rings is 1. The van der Waals surface area contributed by atoms with Crippen molar-refractivity contribution in [3.05, 3.63) is 47.7 Å². The van der Waals surface area contributed by atoms with E-state index in [2.05, 4.69) is 35.5 Å². The van der Waals surface area contributed by atoms with E-state index in [4.69, 9.17) is 4.52 Å². The van der Waals surface area contributed by atoms with Crippen LogP contribution in [0.4, 0.5) is 0 Å². The van der Waals surface area contributed by atoms with Crippen LogP contribution in [0.5, 0.6) is 0 Å². The zero-order valence-corrected chi connectivity index (χ0v) is 9.74. The van der Waals surface area contributed by atoms with Gasteiger partial charge in [0.1, 0.15) is 0 Å². The first kappa shape index (κ1) is 9.97. The van der Waals surface area contributed by atoms with E-state index in [9.17, 15) is 0 Å². The average molecular weight is 231 g/mol. The molecule has 0 radical (unpaired) electrons. The highest BCUT2D eigenvalue weighted by molar-refractivity contribution is 7.98. The van der Waals surface area contributed by atoms with Gasteiger partial charge in [0.25, 0.3) is 0 Å². The average Bonchev–Trinajstić information content (AvgIpc) is 3.08. The lowest BCUT2D eigenvalue weighted by molar-refractivity contribution is 0.344. The van der Waals surface area contributed by atoms with Gasteiger partial charge in [-0.05, 0) is 18.4 Å². The van der Waals surface area contributed by atoms with Crippen molar-refractivity contribution < 1.29 is 4.52 Å². The number of aromatic nitrogens is 1. The van der Waals surface area contributed by atoms with Crippen molar-refractivity contribution >= 4 is 11.8 Å². The Morgan fingerprint density at radius 2 is 2.06 bits per heavy atom. The van der Waals surface area contributed by atoms with E-state index in [1.165, 1.54) is 18.4 Å². The van der Waals surface area contributed by atoms with Gasteiger partial charge in [0.2, 0.25) is 0 Å². The van der Waals surface area contributed by atoms with Crippen LogP contribution in [0.2, 0.25) is 0 Å². The fourth-order valence-corrected chi connectivity index (χ4v) is 2.43. The molecule has 82 valence electrons. The van der Waals surface area contributed by atoms with Gasteiger partial charge in [-0.2, -0.15) is 0 Å². The molecule has 1 heterocycles. The molecule has 1 saturated carbocycles. The van der Waals surface area contributed by atoms with Gasteiger partial charge in [-0.1, -0.05) is 47.3 Å². The Morgan fingerprint density at radius 3 is 2.81 bits per heavy atom. The Labute approximate surface area is 99.0 Å². The van der Waals surface area contributed by atoms with Crippen LogP contribution in [0.25, 0.3) is 0 Å². The minimum atomic E-state index is 0.676. The standard InChI is InChI=1S/C13H13NOS/c1-2-4-10(5-3-1)9-16-13-8-12(14-15-13)11-6-7-11/h1-5,8,11H,6-7,9H2. The monoisotopic (exact) mass is 231 g/mol. The summed E-state index contributed by atoms with van der Waals surface area (Å²) in [4.78, 5) is 0. The van der Waals surface area contributed by atoms with Crippen molar-refractivity contribution in [3.8, 4) is 0 Å². The summed E-state index contributed by atoms with van der Waals surface area (Å²) in [6, 6.07) is 12.5. The Bertz CT molecular complexity index is 462. The highest BCUT2D eigenvalue weighted by Gasteiger charge is 2.27. The van der Waals surface area contributed by atoms with Crippen LogP contribution in [-0.2, 0) is 5.75 Å². The van der Waals surface area contributed by atoms with E-state index in [1.807, 2.05) is 6.07 Å². The van der Waals surface area contributed by atoms with E-state index >= 15 is 0 Å². The van der Waals surface area contributed by atoms with Crippen LogP contribution in [0, 0.1) is 0 Å². The van der Waals surface area contributed by atoms with E-state index in [1.54, 1.807) is 11.8 Å². The SMILES string of the molecule is c1ccc(CSc2cc(C3CC3)no2)cc1. The molecule has 1 aromatic heterocycles. The van der Waals surface area contributed by atoms with Crippen molar-refractivity contribution in [1.29, 1.82) is 0 Å². The van der Waals surface area contributed by atoms with Gasteiger partial charge in [0.15, 0.2) is 5.09 Å². The van der Waals surface area contributed by atoms with Crippen molar-refractivity contribution in [2.75, 3.05) is 0 Å². The summed E-state index contributed by atoms with van der Waals surface area (Å²) >= 11 is 1.71. The summed E-state index contributed by atoms with van der Waals surface area (Å²) in [6.45, 7) is 0. The van der Waals surface area contributed by atoms with Gasteiger partial charge in [-0.15, -0.1) is 0 Å². The third-order valence-electron chi connectivity index (χ3n) is 2.73. The number of thioether (sulfide) groups is 1. The Balaban J connectivity index is 1.61. The zero-order valence-electron chi connectivity index (χ0n) is 8.93. The molecule has 0 amide bonds. The first-order valence-electron chi connectivity index (χ1n) is 5.55. The van der Waals surface area contributed by atoms with Crippen LogP contribution in [0.3, 0.4) is 0 Å². The van der Waals surface area contributed by atoms with E-state index in [0.29, 0.717) is 5.92 Å². The summed E-state index contributed by atoms with van der Waals surface area (Å²) in [5.41, 5.74) is 2.45. The van der Waals surface area contributed by atoms with Gasteiger partial charge >= 0.3 is 0 Å². The third kappa shape index (κ3) is 2.30. The Kier molecular flexibility index (Phi) is 2.70. The van der Waals surface area contributed by atoms with Crippen LogP contribution in [-0.4, -0.2) is 5.16 Å². The quantitative estimate of drug-likeness (QED) is 0.748. The van der Waals surface area contributed by atoms with Gasteiger partial charge in [0, 0.05) is 17.7 Å². The topological polar surface area (TPSA) is 26.0 Å². The fraction of sp³-hybridized carbons (Fsp3) is 0.308. The second-order valence-electron chi connectivity index (χ2n) is 4.12. The summed E-state index contributed by atoms with van der Waals surface area (Å²) in [7, 11) is 0. The van der Waals surface area contributed by atoms with Crippen LogP contribution < -0.4 is 0 Å². The lowest BCUT2D eigenvalue weighted by atomic mass is 10.2. The summed E-state index contributed by atoms with van der Waals surface area (Å²) in [5, 5.41) is 5.03. The lowest BCUT2D eigenvalue weighted by Gasteiger charge is -1.96. The molecule has 0 N–H and O–H groups in total. The maximum atomic E-state index is 5.30. The predicted octanol–water partition coefficient (Wildman–Crippen LogP) is 3.84. The molecule has 2 aromatic rings. The molecule has 3 rings (SSSR count). The Morgan fingerprint density at radius 1 is 1.25 bits per heavy atom. The molecule has 0 aliphatic heterocycles. The first-order chi connectivity index (χ1) is 7.92. The van der Waals surface area contributed by atoms with Gasteiger partial charge in [-0.25, -0.2) is 0 Å². The van der Waals surface area contributed by atoms with Gasteiger partial charge in [0.05, 0.1) is 5.69 Å². The highest BCUT2D eigenvalue weighted by Crippen LogP contribution is 2.40. The predicted molar refractivity (Wildman–Crippen MR) is 64.5 cm³/mol. The smallest absolute Gasteiger partial charge is 0.193 e. The van der Waals surface area contributed by atoms with Crippen LogP contribution >= 0.6 is 11.8 Å². The molecule has 1 aliphatic carbocycles.